The fourth-order valence-electron chi connectivity index (χ4n) is 2.56. The van der Waals surface area contributed by atoms with E-state index >= 15 is 0 Å². The molecule has 4 nitrogen and oxygen atoms in total. The SMILES string of the molecule is CCCCN(C)CCN=C(N)NC1CCCCCC1.I. The molecule has 120 valence electrons. The van der Waals surface area contributed by atoms with Gasteiger partial charge in [0.15, 0.2) is 5.96 Å². The van der Waals surface area contributed by atoms with Gasteiger partial charge < -0.3 is 16.0 Å². The molecule has 0 bridgehead atoms. The molecule has 0 aromatic heterocycles. The molecule has 20 heavy (non-hydrogen) atoms. The van der Waals surface area contributed by atoms with Crippen LogP contribution in [0.3, 0.4) is 0 Å². The van der Waals surface area contributed by atoms with E-state index in [-0.39, 0.29) is 24.0 Å². The molecule has 0 spiro atoms. The van der Waals surface area contributed by atoms with Crippen LogP contribution in [0.15, 0.2) is 4.99 Å². The molecular formula is C15H33IN4. The molecule has 0 amide bonds. The average molecular weight is 396 g/mol. The van der Waals surface area contributed by atoms with Crippen molar-refractivity contribution >= 4 is 29.9 Å². The lowest BCUT2D eigenvalue weighted by molar-refractivity contribution is 0.337. The molecule has 1 saturated carbocycles. The maximum atomic E-state index is 5.96. The first-order valence-corrected chi connectivity index (χ1v) is 7.97. The monoisotopic (exact) mass is 396 g/mol. The summed E-state index contributed by atoms with van der Waals surface area (Å²) in [6.07, 6.45) is 10.4. The Balaban J connectivity index is 0.00000361. The predicted molar refractivity (Wildman–Crippen MR) is 98.9 cm³/mol. The van der Waals surface area contributed by atoms with Gasteiger partial charge in [-0.05, 0) is 32.9 Å². The highest BCUT2D eigenvalue weighted by Gasteiger charge is 2.12. The van der Waals surface area contributed by atoms with Gasteiger partial charge in [0.25, 0.3) is 0 Å². The second-order valence-corrected chi connectivity index (χ2v) is 5.76. The van der Waals surface area contributed by atoms with Crippen LogP contribution in [0.1, 0.15) is 58.3 Å². The van der Waals surface area contributed by atoms with E-state index in [1.165, 1.54) is 51.4 Å². The Labute approximate surface area is 142 Å². The third-order valence-corrected chi connectivity index (χ3v) is 3.86. The quantitative estimate of drug-likeness (QED) is 0.301. The van der Waals surface area contributed by atoms with Gasteiger partial charge in [0.05, 0.1) is 6.54 Å². The Morgan fingerprint density at radius 1 is 1.20 bits per heavy atom. The standard InChI is InChI=1S/C15H32N4.HI/c1-3-4-12-19(2)13-11-17-15(16)18-14-9-7-5-6-8-10-14;/h14H,3-13H2,1-2H3,(H3,16,17,18);1H. The number of nitrogens with zero attached hydrogens (tertiary/aromatic N) is 2. The van der Waals surface area contributed by atoms with Gasteiger partial charge in [-0.3, -0.25) is 4.99 Å². The van der Waals surface area contributed by atoms with Gasteiger partial charge in [0, 0.05) is 12.6 Å². The number of unbranched alkanes of at least 4 members (excludes halogenated alkanes) is 1. The molecule has 0 radical (unpaired) electrons. The van der Waals surface area contributed by atoms with Crippen LogP contribution in [0.4, 0.5) is 0 Å². The van der Waals surface area contributed by atoms with E-state index in [1.807, 2.05) is 0 Å². The Kier molecular flexibility index (Phi) is 12.7. The summed E-state index contributed by atoms with van der Waals surface area (Å²) in [5.74, 6) is 0.635. The zero-order valence-electron chi connectivity index (χ0n) is 13.2. The molecule has 3 N–H and O–H groups in total. The Morgan fingerprint density at radius 2 is 1.85 bits per heavy atom. The fourth-order valence-corrected chi connectivity index (χ4v) is 2.56. The topological polar surface area (TPSA) is 53.6 Å². The van der Waals surface area contributed by atoms with E-state index < -0.39 is 0 Å². The lowest BCUT2D eigenvalue weighted by Gasteiger charge is -2.17. The number of guanidine groups is 1. The summed E-state index contributed by atoms with van der Waals surface area (Å²) in [6.45, 7) is 5.17. The van der Waals surface area contributed by atoms with Crippen molar-refractivity contribution in [3.8, 4) is 0 Å². The van der Waals surface area contributed by atoms with Crippen molar-refractivity contribution in [3.05, 3.63) is 0 Å². The summed E-state index contributed by atoms with van der Waals surface area (Å²) in [6, 6.07) is 0.545. The molecule has 1 fully saturated rings. The lowest BCUT2D eigenvalue weighted by atomic mass is 10.1. The number of hydrogen-bond acceptors (Lipinski definition) is 2. The molecule has 0 saturated heterocycles. The van der Waals surface area contributed by atoms with Gasteiger partial charge in [-0.2, -0.15) is 0 Å². The maximum absolute atomic E-state index is 5.96. The van der Waals surface area contributed by atoms with Crippen LogP contribution in [0.5, 0.6) is 0 Å². The minimum atomic E-state index is 0. The van der Waals surface area contributed by atoms with Crippen LogP contribution >= 0.6 is 24.0 Å². The smallest absolute Gasteiger partial charge is 0.188 e. The number of hydrogen-bond donors (Lipinski definition) is 2. The van der Waals surface area contributed by atoms with Gasteiger partial charge >= 0.3 is 0 Å². The summed E-state index contributed by atoms with van der Waals surface area (Å²) in [5.41, 5.74) is 5.96. The zero-order valence-corrected chi connectivity index (χ0v) is 15.6. The normalized spacial score (nSPS) is 17.6. The summed E-state index contributed by atoms with van der Waals surface area (Å²) in [7, 11) is 2.15. The minimum absolute atomic E-state index is 0. The molecule has 1 aliphatic rings. The highest BCUT2D eigenvalue weighted by Crippen LogP contribution is 2.16. The fraction of sp³-hybridized carbons (Fsp3) is 0.933. The number of halogens is 1. The first-order chi connectivity index (χ1) is 9.22. The van der Waals surface area contributed by atoms with Crippen molar-refractivity contribution in [2.45, 2.75) is 64.3 Å². The number of nitrogens with two attached hydrogens (primary N) is 1. The molecule has 0 aromatic carbocycles. The van der Waals surface area contributed by atoms with Gasteiger partial charge in [-0.15, -0.1) is 24.0 Å². The van der Waals surface area contributed by atoms with E-state index in [2.05, 4.69) is 29.2 Å². The van der Waals surface area contributed by atoms with E-state index in [9.17, 15) is 0 Å². The zero-order chi connectivity index (χ0) is 13.9. The highest BCUT2D eigenvalue weighted by molar-refractivity contribution is 14.0. The van der Waals surface area contributed by atoms with Crippen LogP contribution < -0.4 is 11.1 Å². The maximum Gasteiger partial charge on any atom is 0.188 e. The van der Waals surface area contributed by atoms with E-state index in [0.717, 1.165) is 19.6 Å². The number of aliphatic imine (C=N–C) groups is 1. The Bertz CT molecular complexity index is 250. The molecule has 0 unspecified atom stereocenters. The molecule has 0 atom stereocenters. The van der Waals surface area contributed by atoms with Crippen molar-refractivity contribution in [2.75, 3.05) is 26.7 Å². The second kappa shape index (κ2) is 12.7. The molecule has 0 heterocycles. The van der Waals surface area contributed by atoms with Crippen LogP contribution in [0.2, 0.25) is 0 Å². The minimum Gasteiger partial charge on any atom is -0.370 e. The van der Waals surface area contributed by atoms with Crippen molar-refractivity contribution in [3.63, 3.8) is 0 Å². The van der Waals surface area contributed by atoms with Crippen LogP contribution in [-0.4, -0.2) is 43.6 Å². The van der Waals surface area contributed by atoms with Gasteiger partial charge in [-0.25, -0.2) is 0 Å². The Morgan fingerprint density at radius 3 is 2.45 bits per heavy atom. The Hall–Kier alpha value is -0.0400. The number of nitrogens with one attached hydrogen (secondary N) is 1. The number of likely N-dealkylation sites (N-methyl/N-ethyl adjacent to an activating group) is 1. The van der Waals surface area contributed by atoms with Crippen LogP contribution in [-0.2, 0) is 0 Å². The van der Waals surface area contributed by atoms with E-state index in [4.69, 9.17) is 5.73 Å². The molecule has 0 aliphatic heterocycles. The van der Waals surface area contributed by atoms with Gasteiger partial charge in [0.1, 0.15) is 0 Å². The molecule has 5 heteroatoms. The van der Waals surface area contributed by atoms with Crippen molar-refractivity contribution in [1.82, 2.24) is 10.2 Å². The summed E-state index contributed by atoms with van der Waals surface area (Å²) < 4.78 is 0. The van der Waals surface area contributed by atoms with Gasteiger partial charge in [-0.1, -0.05) is 39.0 Å². The lowest BCUT2D eigenvalue weighted by Crippen LogP contribution is -2.40. The third kappa shape index (κ3) is 9.80. The molecule has 1 aliphatic carbocycles. The molecule has 0 aromatic rings. The second-order valence-electron chi connectivity index (χ2n) is 5.76. The predicted octanol–water partition coefficient (Wildman–Crippen LogP) is 2.96. The van der Waals surface area contributed by atoms with Crippen LogP contribution in [0, 0.1) is 0 Å². The van der Waals surface area contributed by atoms with E-state index in [1.54, 1.807) is 0 Å². The van der Waals surface area contributed by atoms with Crippen LogP contribution in [0.25, 0.3) is 0 Å². The van der Waals surface area contributed by atoms with Crippen molar-refractivity contribution in [1.29, 1.82) is 0 Å². The van der Waals surface area contributed by atoms with Gasteiger partial charge in [0.2, 0.25) is 0 Å². The first-order valence-electron chi connectivity index (χ1n) is 7.97. The van der Waals surface area contributed by atoms with Crippen molar-refractivity contribution < 1.29 is 0 Å². The molecule has 1 rings (SSSR count). The van der Waals surface area contributed by atoms with E-state index in [0.29, 0.717) is 12.0 Å². The third-order valence-electron chi connectivity index (χ3n) is 3.86. The molecular weight excluding hydrogens is 363 g/mol. The largest absolute Gasteiger partial charge is 0.370 e. The highest BCUT2D eigenvalue weighted by atomic mass is 127. The average Bonchev–Trinajstić information content (AvgIpc) is 2.65. The summed E-state index contributed by atoms with van der Waals surface area (Å²) >= 11 is 0. The summed E-state index contributed by atoms with van der Waals surface area (Å²) in [4.78, 5) is 6.76. The van der Waals surface area contributed by atoms with Crippen molar-refractivity contribution in [2.24, 2.45) is 10.7 Å². The first kappa shape index (κ1) is 20.0. The number of rotatable bonds is 7. The summed E-state index contributed by atoms with van der Waals surface area (Å²) in [5, 5.41) is 3.38.